The van der Waals surface area contributed by atoms with Crippen LogP contribution < -0.4 is 0 Å². The normalized spacial score (nSPS) is 18.1. The number of sulfone groups is 1. The zero-order valence-corrected chi connectivity index (χ0v) is 11.7. The molecule has 0 heterocycles. The van der Waals surface area contributed by atoms with Gasteiger partial charge in [0.25, 0.3) is 6.21 Å². The standard InChI is InChI=1S/C12H20N2O3S/c1-12(2,9-14-13)11(15)8-18(16,17)10-6-4-3-5-7-10/h9-10H,3-8H2,1-2H3. The van der Waals surface area contributed by atoms with Crippen LogP contribution in [0.5, 0.6) is 0 Å². The van der Waals surface area contributed by atoms with Crippen LogP contribution in [0.15, 0.2) is 0 Å². The van der Waals surface area contributed by atoms with E-state index in [4.69, 9.17) is 5.53 Å². The lowest BCUT2D eigenvalue weighted by Gasteiger charge is -2.22. The number of hydrogen-bond acceptors (Lipinski definition) is 3. The highest BCUT2D eigenvalue weighted by Gasteiger charge is 2.36. The van der Waals surface area contributed by atoms with Gasteiger partial charge in [0.1, 0.15) is 11.2 Å². The smallest absolute Gasteiger partial charge is 0.270 e. The summed E-state index contributed by atoms with van der Waals surface area (Å²) in [5.74, 6) is -0.887. The second-order valence-corrected chi connectivity index (χ2v) is 7.74. The van der Waals surface area contributed by atoms with E-state index in [0.29, 0.717) is 12.8 Å². The number of carbonyl (C=O) groups excluding carboxylic acids is 1. The first kappa shape index (κ1) is 15.1. The molecule has 0 aromatic rings. The largest absolute Gasteiger partial charge is 0.362 e. The lowest BCUT2D eigenvalue weighted by molar-refractivity contribution is -0.122. The molecule has 0 amide bonds. The van der Waals surface area contributed by atoms with Crippen molar-refractivity contribution in [3.05, 3.63) is 5.53 Å². The summed E-state index contributed by atoms with van der Waals surface area (Å²) in [6.07, 6.45) is 5.29. The molecule has 1 fully saturated rings. The average molecular weight is 272 g/mol. The summed E-state index contributed by atoms with van der Waals surface area (Å²) < 4.78 is 24.2. The molecule has 0 spiro atoms. The Morgan fingerprint density at radius 2 is 1.89 bits per heavy atom. The highest BCUT2D eigenvalue weighted by atomic mass is 32.2. The van der Waals surface area contributed by atoms with Gasteiger partial charge in [0.15, 0.2) is 15.6 Å². The Kier molecular flexibility index (Phi) is 4.82. The quantitative estimate of drug-likeness (QED) is 0.433. The minimum Gasteiger partial charge on any atom is -0.362 e. The molecule has 0 aliphatic heterocycles. The fraction of sp³-hybridized carbons (Fsp3) is 0.833. The molecule has 0 N–H and O–H groups in total. The van der Waals surface area contributed by atoms with E-state index in [1.807, 2.05) is 0 Å². The van der Waals surface area contributed by atoms with Crippen LogP contribution >= 0.6 is 0 Å². The average Bonchev–Trinajstić information content (AvgIpc) is 2.29. The van der Waals surface area contributed by atoms with Crippen LogP contribution in [-0.2, 0) is 14.6 Å². The molecular weight excluding hydrogens is 252 g/mol. The molecule has 0 unspecified atom stereocenters. The minimum absolute atomic E-state index is 0.378. The molecule has 102 valence electrons. The fourth-order valence-electron chi connectivity index (χ4n) is 2.13. The third kappa shape index (κ3) is 3.75. The number of nitrogens with zero attached hydrogens (tertiary/aromatic N) is 2. The molecular formula is C12H20N2O3S. The lowest BCUT2D eigenvalue weighted by Crippen LogP contribution is -2.36. The second-order valence-electron chi connectivity index (χ2n) is 5.46. The summed E-state index contributed by atoms with van der Waals surface area (Å²) in [6, 6.07) is 0. The first-order chi connectivity index (χ1) is 8.29. The van der Waals surface area contributed by atoms with Crippen LogP contribution in [0.3, 0.4) is 0 Å². The van der Waals surface area contributed by atoms with Gasteiger partial charge in [0, 0.05) is 0 Å². The van der Waals surface area contributed by atoms with Crippen molar-refractivity contribution >= 4 is 21.8 Å². The molecule has 0 atom stereocenters. The van der Waals surface area contributed by atoms with E-state index < -0.39 is 26.8 Å². The molecule has 0 aromatic heterocycles. The van der Waals surface area contributed by atoms with Crippen LogP contribution in [0.1, 0.15) is 46.0 Å². The van der Waals surface area contributed by atoms with Gasteiger partial charge in [0.05, 0.1) is 5.25 Å². The van der Waals surface area contributed by atoms with Crippen molar-refractivity contribution in [3.8, 4) is 0 Å². The topological polar surface area (TPSA) is 87.6 Å². The van der Waals surface area contributed by atoms with Gasteiger partial charge in [0.2, 0.25) is 0 Å². The minimum atomic E-state index is -3.38. The van der Waals surface area contributed by atoms with E-state index in [-0.39, 0.29) is 5.25 Å². The SMILES string of the molecule is CC(C)(C=[N+]=[N-])C(=O)CS(=O)(=O)C1CCCCC1. The number of carbonyl (C=O) groups is 1. The van der Waals surface area contributed by atoms with E-state index in [1.54, 1.807) is 13.8 Å². The van der Waals surface area contributed by atoms with Crippen molar-refractivity contribution in [1.82, 2.24) is 0 Å². The molecule has 0 aromatic carbocycles. The van der Waals surface area contributed by atoms with Crippen LogP contribution in [-0.4, -0.2) is 36.2 Å². The first-order valence-electron chi connectivity index (χ1n) is 6.23. The van der Waals surface area contributed by atoms with Gasteiger partial charge < -0.3 is 5.53 Å². The van der Waals surface area contributed by atoms with E-state index >= 15 is 0 Å². The highest BCUT2D eigenvalue weighted by Crippen LogP contribution is 2.25. The maximum atomic E-state index is 12.1. The van der Waals surface area contributed by atoms with Crippen LogP contribution in [0, 0.1) is 5.41 Å². The van der Waals surface area contributed by atoms with Gasteiger partial charge in [-0.25, -0.2) is 8.42 Å². The van der Waals surface area contributed by atoms with Gasteiger partial charge in [-0.3, -0.25) is 4.79 Å². The highest BCUT2D eigenvalue weighted by molar-refractivity contribution is 7.92. The number of Topliss-reactive ketones (excluding diaryl/α,β-unsaturated/α-hetero) is 1. The Balaban J connectivity index is 2.76. The summed E-state index contributed by atoms with van der Waals surface area (Å²) in [4.78, 5) is 14.8. The van der Waals surface area contributed by atoms with Gasteiger partial charge in [-0.1, -0.05) is 19.3 Å². The maximum absolute atomic E-state index is 12.1. The van der Waals surface area contributed by atoms with E-state index in [9.17, 15) is 13.2 Å². The Morgan fingerprint density at radius 3 is 2.39 bits per heavy atom. The van der Waals surface area contributed by atoms with Crippen molar-refractivity contribution < 1.29 is 18.0 Å². The summed E-state index contributed by atoms with van der Waals surface area (Å²) >= 11 is 0. The zero-order valence-electron chi connectivity index (χ0n) is 10.9. The van der Waals surface area contributed by atoms with Crippen molar-refractivity contribution in [3.63, 3.8) is 0 Å². The van der Waals surface area contributed by atoms with E-state index in [1.165, 1.54) is 0 Å². The van der Waals surface area contributed by atoms with Gasteiger partial charge in [-0.15, -0.1) is 0 Å². The first-order valence-corrected chi connectivity index (χ1v) is 7.94. The predicted molar refractivity (Wildman–Crippen MR) is 69.1 cm³/mol. The summed E-state index contributed by atoms with van der Waals surface area (Å²) in [6.45, 7) is 3.09. The van der Waals surface area contributed by atoms with Crippen molar-refractivity contribution in [1.29, 1.82) is 0 Å². The maximum Gasteiger partial charge on any atom is 0.270 e. The van der Waals surface area contributed by atoms with Crippen molar-refractivity contribution in [2.45, 2.75) is 51.2 Å². The van der Waals surface area contributed by atoms with Crippen LogP contribution in [0.4, 0.5) is 0 Å². The Hall–Kier alpha value is -1.00. The number of rotatable bonds is 5. The molecule has 0 bridgehead atoms. The monoisotopic (exact) mass is 272 g/mol. The molecule has 5 nitrogen and oxygen atoms in total. The third-order valence-electron chi connectivity index (χ3n) is 3.49. The molecule has 0 radical (unpaired) electrons. The molecule has 0 saturated heterocycles. The van der Waals surface area contributed by atoms with E-state index in [0.717, 1.165) is 25.5 Å². The summed E-state index contributed by atoms with van der Waals surface area (Å²) in [7, 11) is -3.38. The van der Waals surface area contributed by atoms with Crippen LogP contribution in [0.2, 0.25) is 0 Å². The number of ketones is 1. The molecule has 1 saturated carbocycles. The van der Waals surface area contributed by atoms with Gasteiger partial charge in [-0.2, -0.15) is 4.79 Å². The third-order valence-corrected chi connectivity index (χ3v) is 5.64. The van der Waals surface area contributed by atoms with Crippen molar-refractivity contribution in [2.75, 3.05) is 5.75 Å². The Bertz CT molecular complexity index is 456. The van der Waals surface area contributed by atoms with Crippen LogP contribution in [0.25, 0.3) is 5.53 Å². The Morgan fingerprint density at radius 1 is 1.33 bits per heavy atom. The number of hydrogen-bond donors (Lipinski definition) is 0. The predicted octanol–water partition coefficient (Wildman–Crippen LogP) is 1.63. The second kappa shape index (κ2) is 5.76. The summed E-state index contributed by atoms with van der Waals surface area (Å²) in [5, 5.41) is -0.378. The van der Waals surface area contributed by atoms with E-state index in [2.05, 4.69) is 4.79 Å². The lowest BCUT2D eigenvalue weighted by atomic mass is 9.91. The van der Waals surface area contributed by atoms with Gasteiger partial charge in [-0.05, 0) is 26.7 Å². The summed E-state index contributed by atoms with van der Waals surface area (Å²) in [5.41, 5.74) is 7.42. The Labute approximate surface area is 108 Å². The molecule has 1 aliphatic carbocycles. The molecule has 1 aliphatic rings. The molecule has 1 rings (SSSR count). The fourth-order valence-corrected chi connectivity index (χ4v) is 4.15. The van der Waals surface area contributed by atoms with Crippen molar-refractivity contribution in [2.24, 2.45) is 5.41 Å². The molecule has 6 heteroatoms. The zero-order chi connectivity index (χ0) is 13.8. The molecule has 18 heavy (non-hydrogen) atoms. The van der Waals surface area contributed by atoms with Gasteiger partial charge >= 0.3 is 0 Å².